The minimum Gasteiger partial charge on any atom is -0.492 e. The summed E-state index contributed by atoms with van der Waals surface area (Å²) in [5.74, 6) is -1.70. The lowest BCUT2D eigenvalue weighted by Gasteiger charge is -2.08. The van der Waals surface area contributed by atoms with Crippen LogP contribution in [-0.4, -0.2) is 45.7 Å². The first-order valence-electron chi connectivity index (χ1n) is 9.54. The molecule has 9 nitrogen and oxygen atoms in total. The summed E-state index contributed by atoms with van der Waals surface area (Å²) in [6, 6.07) is 13.9. The second-order valence-corrected chi connectivity index (χ2v) is 7.04. The fraction of sp³-hybridized carbons (Fsp3) is 0.0455. The first kappa shape index (κ1) is 19.4. The Labute approximate surface area is 180 Å². The summed E-state index contributed by atoms with van der Waals surface area (Å²) < 4.78 is 16.7. The molecule has 0 radical (unpaired) electrons. The summed E-state index contributed by atoms with van der Waals surface area (Å²) >= 11 is 0. The van der Waals surface area contributed by atoms with Crippen molar-refractivity contribution in [3.63, 3.8) is 0 Å². The van der Waals surface area contributed by atoms with Gasteiger partial charge in [-0.3, -0.25) is 4.68 Å². The molecule has 2 N–H and O–H groups in total. The molecule has 0 aliphatic carbocycles. The summed E-state index contributed by atoms with van der Waals surface area (Å²) in [6.07, 6.45) is 3.90. The average Bonchev–Trinajstić information content (AvgIpc) is 3.43. The van der Waals surface area contributed by atoms with E-state index in [1.54, 1.807) is 22.9 Å². The molecule has 2 aromatic carbocycles. The molecule has 0 spiro atoms. The zero-order valence-corrected chi connectivity index (χ0v) is 16.4. The molecule has 0 saturated heterocycles. The van der Waals surface area contributed by atoms with Crippen molar-refractivity contribution in [1.82, 2.24) is 29.5 Å². The van der Waals surface area contributed by atoms with Crippen LogP contribution < -0.4 is 0 Å². The Bertz CT molecular complexity index is 1460. The summed E-state index contributed by atoms with van der Waals surface area (Å²) in [4.78, 5) is 19.4. The molecule has 0 amide bonds. The van der Waals surface area contributed by atoms with Crippen LogP contribution in [0.4, 0.5) is 4.39 Å². The van der Waals surface area contributed by atoms with E-state index >= 15 is 0 Å². The van der Waals surface area contributed by atoms with Gasteiger partial charge >= 0.3 is 5.97 Å². The van der Waals surface area contributed by atoms with E-state index < -0.39 is 5.97 Å². The van der Waals surface area contributed by atoms with Crippen LogP contribution in [0, 0.1) is 5.82 Å². The van der Waals surface area contributed by atoms with E-state index in [-0.39, 0.29) is 23.2 Å². The molecule has 5 aromatic rings. The van der Waals surface area contributed by atoms with Crippen LogP contribution in [0.25, 0.3) is 28.1 Å². The number of hydrogen-bond acceptors (Lipinski definition) is 6. The monoisotopic (exact) mass is 430 g/mol. The highest BCUT2D eigenvalue weighted by molar-refractivity contribution is 5.87. The van der Waals surface area contributed by atoms with Crippen molar-refractivity contribution in [2.75, 3.05) is 0 Å². The molecule has 158 valence electrons. The molecule has 5 rings (SSSR count). The van der Waals surface area contributed by atoms with Crippen LogP contribution in [0.1, 0.15) is 15.9 Å². The molecule has 0 aliphatic rings. The van der Waals surface area contributed by atoms with E-state index in [0.29, 0.717) is 23.1 Å². The predicted molar refractivity (Wildman–Crippen MR) is 112 cm³/mol. The molecule has 0 saturated carbocycles. The molecule has 0 atom stereocenters. The number of hydrogen-bond donors (Lipinski definition) is 2. The van der Waals surface area contributed by atoms with E-state index in [9.17, 15) is 14.3 Å². The summed E-state index contributed by atoms with van der Waals surface area (Å²) in [5.41, 5.74) is 2.85. The number of carboxylic acid groups (broad SMARTS) is 1. The highest BCUT2D eigenvalue weighted by Gasteiger charge is 2.16. The van der Waals surface area contributed by atoms with Gasteiger partial charge in [-0.2, -0.15) is 15.2 Å². The summed E-state index contributed by atoms with van der Waals surface area (Å²) in [7, 11) is 0. The van der Waals surface area contributed by atoms with Gasteiger partial charge in [0.05, 0.1) is 24.5 Å². The lowest BCUT2D eigenvalue weighted by atomic mass is 10.0. The number of benzene rings is 2. The third-order valence-corrected chi connectivity index (χ3v) is 4.96. The first-order chi connectivity index (χ1) is 15.5. The second-order valence-electron chi connectivity index (χ2n) is 7.04. The van der Waals surface area contributed by atoms with Gasteiger partial charge in [0.15, 0.2) is 0 Å². The first-order valence-corrected chi connectivity index (χ1v) is 9.54. The van der Waals surface area contributed by atoms with Crippen molar-refractivity contribution in [3.8, 4) is 23.0 Å². The van der Waals surface area contributed by atoms with E-state index in [4.69, 9.17) is 5.11 Å². The molecule has 3 heterocycles. The maximum atomic E-state index is 14.0. The van der Waals surface area contributed by atoms with Gasteiger partial charge in [0, 0.05) is 11.8 Å². The van der Waals surface area contributed by atoms with Crippen LogP contribution in [0.15, 0.2) is 67.1 Å². The zero-order valence-electron chi connectivity index (χ0n) is 16.4. The molecular formula is C22H15FN6O3. The van der Waals surface area contributed by atoms with Crippen LogP contribution in [0.2, 0.25) is 0 Å². The highest BCUT2D eigenvalue weighted by atomic mass is 19.1. The summed E-state index contributed by atoms with van der Waals surface area (Å²) in [5, 5.41) is 27.7. The lowest BCUT2D eigenvalue weighted by Crippen LogP contribution is -2.05. The standard InChI is InChI=1S/C22H15FN6O3/c23-17-4-2-1-3-16(17)14-7-5-13(6-8-14)11-28-19-18(10-25-28)26-22(27-20(19)30)29-12-15(9-24-29)21(31)32/h1-10,12H,11H2,(H,31,32)(H,26,27,30). The molecule has 0 unspecified atom stereocenters. The molecular weight excluding hydrogens is 415 g/mol. The molecule has 3 aromatic heterocycles. The van der Waals surface area contributed by atoms with Gasteiger partial charge in [-0.05, 0) is 17.2 Å². The van der Waals surface area contributed by atoms with Crippen molar-refractivity contribution >= 4 is 17.0 Å². The van der Waals surface area contributed by atoms with Gasteiger partial charge in [-0.15, -0.1) is 0 Å². The number of halogens is 1. The van der Waals surface area contributed by atoms with E-state index in [2.05, 4.69) is 20.2 Å². The summed E-state index contributed by atoms with van der Waals surface area (Å²) in [6.45, 7) is 0.336. The average molecular weight is 430 g/mol. The Hall–Kier alpha value is -4.60. The zero-order chi connectivity index (χ0) is 22.2. The smallest absolute Gasteiger partial charge is 0.338 e. The number of aromatic nitrogens is 6. The van der Waals surface area contributed by atoms with Crippen LogP contribution >= 0.6 is 0 Å². The number of fused-ring (bicyclic) bond motifs is 1. The SMILES string of the molecule is O=C(O)c1cnn(-c2nc(O)c3c(cnn3Cc3ccc(-c4ccccc4F)cc3)n2)c1. The van der Waals surface area contributed by atoms with E-state index in [1.807, 2.05) is 24.3 Å². The van der Waals surface area contributed by atoms with Gasteiger partial charge < -0.3 is 10.2 Å². The van der Waals surface area contributed by atoms with E-state index in [0.717, 1.165) is 11.1 Å². The van der Waals surface area contributed by atoms with Gasteiger partial charge in [-0.1, -0.05) is 42.5 Å². The Morgan fingerprint density at radius 2 is 1.78 bits per heavy atom. The fourth-order valence-corrected chi connectivity index (χ4v) is 3.39. The maximum absolute atomic E-state index is 14.0. The van der Waals surface area contributed by atoms with Gasteiger partial charge in [0.1, 0.15) is 16.9 Å². The van der Waals surface area contributed by atoms with E-state index in [1.165, 1.54) is 29.3 Å². The predicted octanol–water partition coefficient (Wildman–Crippen LogP) is 3.27. The van der Waals surface area contributed by atoms with Crippen molar-refractivity contribution < 1.29 is 19.4 Å². The molecule has 10 heteroatoms. The maximum Gasteiger partial charge on any atom is 0.338 e. The van der Waals surface area contributed by atoms with Crippen molar-refractivity contribution in [2.45, 2.75) is 6.54 Å². The molecule has 32 heavy (non-hydrogen) atoms. The largest absolute Gasteiger partial charge is 0.492 e. The number of rotatable bonds is 5. The number of aromatic hydroxyl groups is 1. The number of nitrogens with zero attached hydrogens (tertiary/aromatic N) is 6. The Balaban J connectivity index is 1.44. The molecule has 0 bridgehead atoms. The molecule has 0 fully saturated rings. The third kappa shape index (κ3) is 3.43. The Kier molecular flexibility index (Phi) is 4.59. The fourth-order valence-electron chi connectivity index (χ4n) is 3.39. The van der Waals surface area contributed by atoms with Crippen molar-refractivity contribution in [3.05, 3.63) is 84.1 Å². The van der Waals surface area contributed by atoms with Gasteiger partial charge in [-0.25, -0.2) is 18.9 Å². The third-order valence-electron chi connectivity index (χ3n) is 4.96. The lowest BCUT2D eigenvalue weighted by molar-refractivity contribution is 0.0697. The Morgan fingerprint density at radius 1 is 1.00 bits per heavy atom. The highest BCUT2D eigenvalue weighted by Crippen LogP contribution is 2.25. The quantitative estimate of drug-likeness (QED) is 0.439. The van der Waals surface area contributed by atoms with Crippen molar-refractivity contribution in [1.29, 1.82) is 0 Å². The normalized spacial score (nSPS) is 11.2. The number of carboxylic acids is 1. The molecule has 0 aliphatic heterocycles. The number of aromatic carboxylic acids is 1. The Morgan fingerprint density at radius 3 is 2.50 bits per heavy atom. The second kappa shape index (κ2) is 7.58. The van der Waals surface area contributed by atoms with Crippen LogP contribution in [0.3, 0.4) is 0 Å². The van der Waals surface area contributed by atoms with Gasteiger partial charge in [0.25, 0.3) is 5.95 Å². The van der Waals surface area contributed by atoms with Gasteiger partial charge in [0.2, 0.25) is 5.88 Å². The van der Waals surface area contributed by atoms with Crippen LogP contribution in [0.5, 0.6) is 5.88 Å². The number of carbonyl (C=O) groups is 1. The minimum absolute atomic E-state index is 0.0243. The van der Waals surface area contributed by atoms with Crippen molar-refractivity contribution in [2.24, 2.45) is 0 Å². The topological polar surface area (TPSA) is 119 Å². The van der Waals surface area contributed by atoms with Crippen LogP contribution in [-0.2, 0) is 6.54 Å². The minimum atomic E-state index is -1.13.